The minimum atomic E-state index is -4.81. The molecule has 0 N–H and O–H groups in total. The van der Waals surface area contributed by atoms with Gasteiger partial charge in [-0.15, -0.1) is 38.0 Å². The van der Waals surface area contributed by atoms with Crippen LogP contribution < -0.4 is 4.74 Å². The third-order valence-corrected chi connectivity index (χ3v) is 6.99. The van der Waals surface area contributed by atoms with E-state index in [1.54, 1.807) is 24.5 Å². The van der Waals surface area contributed by atoms with Crippen molar-refractivity contribution in [1.29, 1.82) is 5.26 Å². The number of aromatic nitrogens is 2. The van der Waals surface area contributed by atoms with Crippen molar-refractivity contribution in [2.24, 2.45) is 0 Å². The second-order valence-corrected chi connectivity index (χ2v) is 9.66. The van der Waals surface area contributed by atoms with E-state index in [9.17, 15) is 18.0 Å². The summed E-state index contributed by atoms with van der Waals surface area (Å²) in [6.07, 6.45) is -0.463. The molecular weight excluding hydrogens is 570 g/mol. The molecule has 2 aromatic carbocycles. The van der Waals surface area contributed by atoms with Crippen LogP contribution in [0.3, 0.4) is 0 Å². The zero-order chi connectivity index (χ0) is 26.8. The highest BCUT2D eigenvalue weighted by molar-refractivity contribution is 5.85. The summed E-state index contributed by atoms with van der Waals surface area (Å²) in [6, 6.07) is 15.4. The predicted octanol–water partition coefficient (Wildman–Crippen LogP) is 5.53. The highest BCUT2D eigenvalue weighted by Crippen LogP contribution is 2.36. The van der Waals surface area contributed by atoms with Gasteiger partial charge in [0.2, 0.25) is 0 Å². The Balaban J connectivity index is 0.00000220. The van der Waals surface area contributed by atoms with Crippen molar-refractivity contribution in [3.05, 3.63) is 83.4 Å². The molecule has 2 saturated heterocycles. The zero-order valence-electron chi connectivity index (χ0n) is 21.3. The summed E-state index contributed by atoms with van der Waals surface area (Å²) in [5.74, 6) is -0.318. The fourth-order valence-corrected chi connectivity index (χ4v) is 4.99. The monoisotopic (exact) mass is 597 g/mol. The number of carbonyl (C=O) groups is 1. The predicted molar refractivity (Wildman–Crippen MR) is 144 cm³/mol. The summed E-state index contributed by atoms with van der Waals surface area (Å²) >= 11 is 0. The maximum atomic E-state index is 12.8. The molecule has 2 aliphatic heterocycles. The van der Waals surface area contributed by atoms with E-state index in [-0.39, 0.29) is 42.7 Å². The quantitative estimate of drug-likeness (QED) is 0.356. The summed E-state index contributed by atoms with van der Waals surface area (Å²) in [7, 11) is 0. The largest absolute Gasteiger partial charge is 0.573 e. The van der Waals surface area contributed by atoms with Crippen LogP contribution in [-0.4, -0.2) is 57.0 Å². The van der Waals surface area contributed by atoms with Gasteiger partial charge in [-0.25, -0.2) is 9.78 Å². The molecule has 1 amide bonds. The number of amides is 1. The van der Waals surface area contributed by atoms with Crippen molar-refractivity contribution in [3.63, 3.8) is 0 Å². The van der Waals surface area contributed by atoms with Gasteiger partial charge in [0.15, 0.2) is 0 Å². The van der Waals surface area contributed by atoms with Gasteiger partial charge in [0, 0.05) is 50.8 Å². The van der Waals surface area contributed by atoms with E-state index < -0.39 is 18.1 Å². The lowest BCUT2D eigenvalue weighted by Gasteiger charge is -2.37. The first-order valence-corrected chi connectivity index (χ1v) is 12.2. The standard InChI is InChI=1S/C27H26F3N5O3.2ClH/c28-27(29,30)37-24-4-2-1-3-22(24)16-34-18-26(38-25(34)36)9-11-33(12-10-26)17-23-14-32-19-35(23)15-21-7-5-20(13-31)6-8-21;;/h1-8,14,19H,9-12,15-18H2;2*1H. The molecule has 2 fully saturated rings. The lowest BCUT2D eigenvalue weighted by molar-refractivity contribution is -0.275. The highest BCUT2D eigenvalue weighted by Gasteiger charge is 2.47. The molecule has 0 unspecified atom stereocenters. The van der Waals surface area contributed by atoms with E-state index in [2.05, 4.69) is 25.3 Å². The second kappa shape index (κ2) is 12.8. The van der Waals surface area contributed by atoms with Crippen LogP contribution in [0, 0.1) is 11.3 Å². The van der Waals surface area contributed by atoms with Crippen LogP contribution in [0.2, 0.25) is 0 Å². The van der Waals surface area contributed by atoms with E-state index in [0.29, 0.717) is 51.1 Å². The third-order valence-electron chi connectivity index (χ3n) is 6.99. The van der Waals surface area contributed by atoms with Crippen LogP contribution in [0.1, 0.15) is 35.2 Å². The van der Waals surface area contributed by atoms with E-state index >= 15 is 0 Å². The van der Waals surface area contributed by atoms with Crippen molar-refractivity contribution >= 4 is 30.9 Å². The number of rotatable bonds is 7. The van der Waals surface area contributed by atoms with Crippen LogP contribution in [-0.2, 0) is 24.4 Å². The molecule has 0 bridgehead atoms. The Morgan fingerprint density at radius 3 is 2.40 bits per heavy atom. The average Bonchev–Trinajstić information content (AvgIpc) is 3.44. The first-order chi connectivity index (χ1) is 18.2. The molecule has 2 aliphatic rings. The Morgan fingerprint density at radius 2 is 1.73 bits per heavy atom. The third kappa shape index (κ3) is 7.38. The molecule has 5 rings (SSSR count). The Labute approximate surface area is 242 Å². The Hall–Kier alpha value is -3.46. The molecule has 13 heteroatoms. The molecule has 214 valence electrons. The average molecular weight is 598 g/mol. The summed E-state index contributed by atoms with van der Waals surface area (Å²) in [4.78, 5) is 20.7. The van der Waals surface area contributed by atoms with Gasteiger partial charge in [-0.2, -0.15) is 5.26 Å². The minimum Gasteiger partial charge on any atom is -0.441 e. The Morgan fingerprint density at radius 1 is 1.02 bits per heavy atom. The van der Waals surface area contributed by atoms with Gasteiger partial charge in [-0.05, 0) is 23.8 Å². The zero-order valence-corrected chi connectivity index (χ0v) is 23.0. The molecule has 1 aromatic heterocycles. The van der Waals surface area contributed by atoms with Crippen LogP contribution >= 0.6 is 24.8 Å². The SMILES string of the molecule is Cl.Cl.N#Cc1ccc(Cn2cncc2CN2CCC3(CC2)CN(Cc2ccccc2OC(F)(F)F)C(=O)O3)cc1. The number of alkyl halides is 3. The highest BCUT2D eigenvalue weighted by atomic mass is 35.5. The Kier molecular flexibility index (Phi) is 9.95. The maximum Gasteiger partial charge on any atom is 0.573 e. The number of halogens is 5. The van der Waals surface area contributed by atoms with Gasteiger partial charge < -0.3 is 14.0 Å². The van der Waals surface area contributed by atoms with E-state index in [1.165, 1.54) is 23.1 Å². The lowest BCUT2D eigenvalue weighted by atomic mass is 9.91. The minimum absolute atomic E-state index is 0. The lowest BCUT2D eigenvalue weighted by Crippen LogP contribution is -2.46. The van der Waals surface area contributed by atoms with Gasteiger partial charge >= 0.3 is 12.5 Å². The van der Waals surface area contributed by atoms with Gasteiger partial charge in [0.1, 0.15) is 11.4 Å². The molecule has 3 aromatic rings. The number of nitrogens with zero attached hydrogens (tertiary/aromatic N) is 5. The normalized spacial score (nSPS) is 16.6. The van der Waals surface area contributed by atoms with Crippen LogP contribution in [0.15, 0.2) is 61.1 Å². The number of benzene rings is 2. The van der Waals surface area contributed by atoms with Gasteiger partial charge in [-0.3, -0.25) is 9.80 Å². The Bertz CT molecular complexity index is 1340. The molecule has 40 heavy (non-hydrogen) atoms. The van der Waals surface area contributed by atoms with Crippen molar-refractivity contribution in [3.8, 4) is 11.8 Å². The topological polar surface area (TPSA) is 83.6 Å². The van der Waals surface area contributed by atoms with Gasteiger partial charge in [0.05, 0.1) is 36.7 Å². The number of nitriles is 1. The second-order valence-electron chi connectivity index (χ2n) is 9.66. The number of para-hydroxylation sites is 1. The van der Waals surface area contributed by atoms with Crippen molar-refractivity contribution < 1.29 is 27.4 Å². The van der Waals surface area contributed by atoms with Gasteiger partial charge in [0.25, 0.3) is 0 Å². The van der Waals surface area contributed by atoms with Crippen LogP contribution in [0.4, 0.5) is 18.0 Å². The van der Waals surface area contributed by atoms with Crippen molar-refractivity contribution in [1.82, 2.24) is 19.4 Å². The van der Waals surface area contributed by atoms with Crippen molar-refractivity contribution in [2.45, 2.75) is 44.4 Å². The molecule has 0 aliphatic carbocycles. The molecular formula is C27H28Cl2F3N5O3. The fourth-order valence-electron chi connectivity index (χ4n) is 4.99. The number of hydrogen-bond acceptors (Lipinski definition) is 6. The molecule has 0 saturated carbocycles. The summed E-state index contributed by atoms with van der Waals surface area (Å²) in [5, 5.41) is 8.99. The molecule has 0 atom stereocenters. The molecule has 3 heterocycles. The van der Waals surface area contributed by atoms with E-state index in [4.69, 9.17) is 10.00 Å². The number of hydrogen-bond donors (Lipinski definition) is 0. The van der Waals surface area contributed by atoms with E-state index in [1.807, 2.05) is 18.3 Å². The maximum absolute atomic E-state index is 12.8. The summed E-state index contributed by atoms with van der Waals surface area (Å²) < 4.78 is 50.3. The molecule has 1 spiro atoms. The van der Waals surface area contributed by atoms with E-state index in [0.717, 1.165) is 11.3 Å². The number of piperidine rings is 1. The summed E-state index contributed by atoms with van der Waals surface area (Å²) in [6.45, 7) is 3.03. The molecule has 8 nitrogen and oxygen atoms in total. The number of ether oxygens (including phenoxy) is 2. The first-order valence-electron chi connectivity index (χ1n) is 12.2. The van der Waals surface area contributed by atoms with Gasteiger partial charge in [-0.1, -0.05) is 30.3 Å². The first kappa shape index (κ1) is 31.1. The molecule has 0 radical (unpaired) electrons. The summed E-state index contributed by atoms with van der Waals surface area (Å²) in [5.41, 5.74) is 2.35. The van der Waals surface area contributed by atoms with Crippen molar-refractivity contribution in [2.75, 3.05) is 19.6 Å². The van der Waals surface area contributed by atoms with Crippen LogP contribution in [0.25, 0.3) is 0 Å². The smallest absolute Gasteiger partial charge is 0.441 e. The number of carbonyl (C=O) groups excluding carboxylic acids is 1. The van der Waals surface area contributed by atoms with Crippen LogP contribution in [0.5, 0.6) is 5.75 Å². The fraction of sp³-hybridized carbons (Fsp3) is 0.370. The number of likely N-dealkylation sites (tertiary alicyclic amines) is 1. The number of imidazole rings is 1.